The van der Waals surface area contributed by atoms with Gasteiger partial charge in [-0.25, -0.2) is 0 Å². The highest BCUT2D eigenvalue weighted by molar-refractivity contribution is 6.06. The van der Waals surface area contributed by atoms with Gasteiger partial charge in [0.1, 0.15) is 5.56 Å². The van der Waals surface area contributed by atoms with Crippen molar-refractivity contribution < 1.29 is 9.59 Å². The first-order valence-corrected chi connectivity index (χ1v) is 10.8. The molecule has 6 heteroatoms. The zero-order chi connectivity index (χ0) is 21.3. The molecule has 30 heavy (non-hydrogen) atoms. The summed E-state index contributed by atoms with van der Waals surface area (Å²) in [6.45, 7) is 4.00. The van der Waals surface area contributed by atoms with Crippen molar-refractivity contribution in [2.24, 2.45) is 5.41 Å². The molecule has 2 aromatic rings. The third kappa shape index (κ3) is 4.48. The number of amides is 1. The molecule has 1 amide bonds. The van der Waals surface area contributed by atoms with Crippen molar-refractivity contribution in [2.75, 3.05) is 10.6 Å². The second kappa shape index (κ2) is 8.09. The molecule has 0 aliphatic heterocycles. The number of carbonyl (C=O) groups excluding carboxylic acids is 2. The van der Waals surface area contributed by atoms with Gasteiger partial charge in [0.25, 0.3) is 11.5 Å². The molecule has 6 nitrogen and oxygen atoms in total. The number of fused-ring (bicyclic) bond motifs is 1. The number of H-pyrrole nitrogens is 1. The fourth-order valence-corrected chi connectivity index (χ4v) is 4.53. The number of pyridine rings is 1. The van der Waals surface area contributed by atoms with Gasteiger partial charge in [-0.2, -0.15) is 0 Å². The lowest BCUT2D eigenvalue weighted by Crippen LogP contribution is -2.32. The third-order valence-electron chi connectivity index (χ3n) is 6.08. The van der Waals surface area contributed by atoms with Gasteiger partial charge in [-0.05, 0) is 55.0 Å². The fraction of sp³-hybridized carbons (Fsp3) is 0.458. The highest BCUT2D eigenvalue weighted by Crippen LogP contribution is 2.33. The second-order valence-electron chi connectivity index (χ2n) is 9.36. The van der Waals surface area contributed by atoms with Crippen molar-refractivity contribution in [3.63, 3.8) is 0 Å². The first-order valence-electron chi connectivity index (χ1n) is 10.8. The van der Waals surface area contributed by atoms with Gasteiger partial charge < -0.3 is 15.6 Å². The summed E-state index contributed by atoms with van der Waals surface area (Å²) in [5.41, 5.74) is 2.02. The Kier molecular flexibility index (Phi) is 5.50. The molecule has 158 valence electrons. The molecule has 4 rings (SSSR count). The molecule has 0 saturated heterocycles. The smallest absolute Gasteiger partial charge is 0.261 e. The van der Waals surface area contributed by atoms with Crippen LogP contribution in [0.4, 0.5) is 11.4 Å². The van der Waals surface area contributed by atoms with Gasteiger partial charge in [-0.3, -0.25) is 14.4 Å². The highest BCUT2D eigenvalue weighted by Gasteiger charge is 2.32. The number of aromatic nitrogens is 1. The maximum Gasteiger partial charge on any atom is 0.261 e. The third-order valence-corrected chi connectivity index (χ3v) is 6.08. The van der Waals surface area contributed by atoms with Crippen LogP contribution in [0.5, 0.6) is 0 Å². The Balaban J connectivity index is 1.47. The van der Waals surface area contributed by atoms with E-state index >= 15 is 0 Å². The Morgan fingerprint density at radius 1 is 1.00 bits per heavy atom. The van der Waals surface area contributed by atoms with Crippen molar-refractivity contribution >= 4 is 23.1 Å². The summed E-state index contributed by atoms with van der Waals surface area (Å²) in [6, 6.07) is 9.47. The van der Waals surface area contributed by atoms with E-state index < -0.39 is 11.5 Å². The zero-order valence-corrected chi connectivity index (χ0v) is 17.6. The lowest BCUT2D eigenvalue weighted by Gasteiger charge is -2.29. The average molecular weight is 408 g/mol. The molecule has 0 unspecified atom stereocenters. The monoisotopic (exact) mass is 407 g/mol. The maximum atomic E-state index is 12.7. The SMILES string of the molecule is CC1(C)CC(=O)c2cc(C(=O)Nc3ccc(NC4CCCCC4)cc3)c(=O)[nH]c2C1. The Morgan fingerprint density at radius 2 is 1.67 bits per heavy atom. The summed E-state index contributed by atoms with van der Waals surface area (Å²) in [7, 11) is 0. The summed E-state index contributed by atoms with van der Waals surface area (Å²) >= 11 is 0. The molecule has 2 aliphatic rings. The van der Waals surface area contributed by atoms with Crippen LogP contribution in [0.25, 0.3) is 0 Å². The summed E-state index contributed by atoms with van der Waals surface area (Å²) in [5, 5.41) is 6.31. The normalized spacial score (nSPS) is 18.5. The van der Waals surface area contributed by atoms with Crippen LogP contribution in [0.2, 0.25) is 0 Å². The predicted octanol–water partition coefficient (Wildman–Crippen LogP) is 4.53. The standard InChI is InChI=1S/C24H29N3O3/c1-24(2)13-20-18(21(28)14-24)12-19(23(30)27-20)22(29)26-17-10-8-16(9-11-17)25-15-6-4-3-5-7-15/h8-12,15,25H,3-7,13-14H2,1-2H3,(H,26,29)(H,27,30). The molecule has 0 atom stereocenters. The number of aromatic amines is 1. The van der Waals surface area contributed by atoms with Gasteiger partial charge in [-0.1, -0.05) is 33.1 Å². The van der Waals surface area contributed by atoms with Crippen LogP contribution in [-0.4, -0.2) is 22.7 Å². The second-order valence-corrected chi connectivity index (χ2v) is 9.36. The Hall–Kier alpha value is -2.89. The van der Waals surface area contributed by atoms with Gasteiger partial charge >= 0.3 is 0 Å². The number of hydrogen-bond donors (Lipinski definition) is 3. The first kappa shape index (κ1) is 20.4. The summed E-state index contributed by atoms with van der Waals surface area (Å²) in [5.74, 6) is -0.547. The van der Waals surface area contributed by atoms with E-state index in [2.05, 4.69) is 15.6 Å². The molecular formula is C24H29N3O3. The minimum atomic E-state index is -0.510. The van der Waals surface area contributed by atoms with E-state index in [9.17, 15) is 14.4 Å². The lowest BCUT2D eigenvalue weighted by atomic mass is 9.75. The van der Waals surface area contributed by atoms with E-state index in [0.29, 0.717) is 35.8 Å². The molecule has 1 saturated carbocycles. The number of Topliss-reactive ketones (excluding diaryl/α,β-unsaturated/α-hetero) is 1. The van der Waals surface area contributed by atoms with Crippen molar-refractivity contribution in [3.05, 3.63) is 57.5 Å². The Bertz CT molecular complexity index is 1010. The predicted molar refractivity (Wildman–Crippen MR) is 118 cm³/mol. The molecule has 1 heterocycles. The number of rotatable bonds is 4. The topological polar surface area (TPSA) is 91.1 Å². The van der Waals surface area contributed by atoms with Crippen LogP contribution in [0.3, 0.4) is 0 Å². The number of benzene rings is 1. The molecule has 2 aliphatic carbocycles. The molecule has 0 bridgehead atoms. The van der Waals surface area contributed by atoms with Crippen LogP contribution in [0.15, 0.2) is 35.1 Å². The molecule has 0 radical (unpaired) electrons. The van der Waals surface area contributed by atoms with Crippen LogP contribution in [0, 0.1) is 5.41 Å². The maximum absolute atomic E-state index is 12.7. The van der Waals surface area contributed by atoms with Crippen molar-refractivity contribution in [1.82, 2.24) is 4.98 Å². The van der Waals surface area contributed by atoms with Crippen LogP contribution in [0.1, 0.15) is 78.8 Å². The van der Waals surface area contributed by atoms with Crippen molar-refractivity contribution in [3.8, 4) is 0 Å². The van der Waals surface area contributed by atoms with Gasteiger partial charge in [0.05, 0.1) is 0 Å². The van der Waals surface area contributed by atoms with E-state index in [1.165, 1.54) is 38.2 Å². The van der Waals surface area contributed by atoms with E-state index in [1.807, 2.05) is 38.1 Å². The number of nitrogens with one attached hydrogen (secondary N) is 3. The Morgan fingerprint density at radius 3 is 2.37 bits per heavy atom. The van der Waals surface area contributed by atoms with Crippen LogP contribution in [-0.2, 0) is 6.42 Å². The molecule has 1 aromatic carbocycles. The molecule has 0 spiro atoms. The van der Waals surface area contributed by atoms with Crippen molar-refractivity contribution in [1.29, 1.82) is 0 Å². The minimum absolute atomic E-state index is 0.0359. The fourth-order valence-electron chi connectivity index (χ4n) is 4.53. The van der Waals surface area contributed by atoms with Gasteiger partial charge in [0.15, 0.2) is 5.78 Å². The quantitative estimate of drug-likeness (QED) is 0.695. The van der Waals surface area contributed by atoms with Gasteiger partial charge in [-0.15, -0.1) is 0 Å². The van der Waals surface area contributed by atoms with E-state index in [4.69, 9.17) is 0 Å². The summed E-state index contributed by atoms with van der Waals surface area (Å²) in [4.78, 5) is 40.4. The molecular weight excluding hydrogens is 378 g/mol. The van der Waals surface area contributed by atoms with E-state index in [1.54, 1.807) is 0 Å². The van der Waals surface area contributed by atoms with Gasteiger partial charge in [0, 0.05) is 35.1 Å². The molecule has 3 N–H and O–H groups in total. The van der Waals surface area contributed by atoms with Crippen molar-refractivity contribution in [2.45, 2.75) is 64.8 Å². The largest absolute Gasteiger partial charge is 0.382 e. The van der Waals surface area contributed by atoms with E-state index in [0.717, 1.165) is 5.69 Å². The van der Waals surface area contributed by atoms with E-state index in [-0.39, 0.29) is 16.8 Å². The lowest BCUT2D eigenvalue weighted by molar-refractivity contribution is 0.0910. The van der Waals surface area contributed by atoms with Gasteiger partial charge in [0.2, 0.25) is 0 Å². The first-order chi connectivity index (χ1) is 14.3. The number of anilines is 2. The van der Waals surface area contributed by atoms with Crippen LogP contribution >= 0.6 is 0 Å². The molecule has 1 fully saturated rings. The summed E-state index contributed by atoms with van der Waals surface area (Å²) < 4.78 is 0. The van der Waals surface area contributed by atoms with Crippen LogP contribution < -0.4 is 16.2 Å². The summed E-state index contributed by atoms with van der Waals surface area (Å²) in [6.07, 6.45) is 7.24. The number of hydrogen-bond acceptors (Lipinski definition) is 4. The zero-order valence-electron chi connectivity index (χ0n) is 17.6. The minimum Gasteiger partial charge on any atom is -0.382 e. The number of carbonyl (C=O) groups is 2. The number of ketones is 1. The highest BCUT2D eigenvalue weighted by atomic mass is 16.2. The Labute approximate surface area is 176 Å². The average Bonchev–Trinajstić information content (AvgIpc) is 2.69. The molecule has 1 aromatic heterocycles.